The number of carbonyl (C=O) groups is 1. The minimum atomic E-state index is -4.15. The van der Waals surface area contributed by atoms with Gasteiger partial charge in [0.1, 0.15) is 0 Å². The molecule has 2 atom stereocenters. The van der Waals surface area contributed by atoms with Gasteiger partial charge < -0.3 is 9.84 Å². The Morgan fingerprint density at radius 3 is 2.81 bits per heavy atom. The van der Waals surface area contributed by atoms with Crippen molar-refractivity contribution in [3.63, 3.8) is 0 Å². The maximum Gasteiger partial charge on any atom is 0.456 e. The van der Waals surface area contributed by atoms with Crippen LogP contribution in [0.5, 0.6) is 0 Å². The fraction of sp³-hybridized carbons (Fsp3) is 0.667. The molecule has 0 aromatic carbocycles. The van der Waals surface area contributed by atoms with E-state index in [-0.39, 0.29) is 5.92 Å². The number of carboxylic acids is 1. The molecule has 0 aromatic heterocycles. The Morgan fingerprint density at radius 2 is 2.31 bits per heavy atom. The number of halogens is 2. The molecule has 1 aliphatic rings. The summed E-state index contributed by atoms with van der Waals surface area (Å²) in [7, 11) is -0.817. The van der Waals surface area contributed by atoms with Crippen LogP contribution in [0, 0.1) is 5.92 Å². The Hall–Kier alpha value is -0.820. The molecule has 1 N–H and O–H groups in total. The van der Waals surface area contributed by atoms with Crippen molar-refractivity contribution < 1.29 is 27.6 Å². The fourth-order valence-corrected chi connectivity index (χ4v) is 2.79. The third kappa shape index (κ3) is 3.97. The number of ether oxygens (including phenoxy) is 1. The van der Waals surface area contributed by atoms with Crippen LogP contribution in [0.15, 0.2) is 12.2 Å². The third-order valence-corrected chi connectivity index (χ3v) is 3.63. The van der Waals surface area contributed by atoms with E-state index in [1.807, 2.05) is 0 Å². The van der Waals surface area contributed by atoms with E-state index in [1.165, 1.54) is 6.08 Å². The second-order valence-electron chi connectivity index (χ2n) is 3.42. The van der Waals surface area contributed by atoms with Gasteiger partial charge in [-0.3, -0.25) is 4.21 Å². The topological polar surface area (TPSA) is 63.6 Å². The van der Waals surface area contributed by atoms with Crippen LogP contribution in [0.4, 0.5) is 8.78 Å². The highest BCUT2D eigenvalue weighted by Gasteiger charge is 2.40. The molecule has 1 saturated heterocycles. The zero-order valence-electron chi connectivity index (χ0n) is 8.40. The third-order valence-electron chi connectivity index (χ3n) is 2.13. The van der Waals surface area contributed by atoms with E-state index in [9.17, 15) is 17.8 Å². The first-order chi connectivity index (χ1) is 7.42. The summed E-state index contributed by atoms with van der Waals surface area (Å²) < 4.78 is 39.7. The minimum Gasteiger partial charge on any atom is -0.475 e. The van der Waals surface area contributed by atoms with Gasteiger partial charge in [-0.25, -0.2) is 4.79 Å². The summed E-state index contributed by atoms with van der Waals surface area (Å²) in [5.41, 5.74) is 0. The maximum absolute atomic E-state index is 12.4. The van der Waals surface area contributed by atoms with Gasteiger partial charge in [0.2, 0.25) is 0 Å². The minimum absolute atomic E-state index is 0.114. The van der Waals surface area contributed by atoms with Crippen molar-refractivity contribution in [1.82, 2.24) is 0 Å². The number of hydrogen-bond donors (Lipinski definition) is 1. The molecule has 0 aliphatic carbocycles. The van der Waals surface area contributed by atoms with Gasteiger partial charge in [-0.15, -0.1) is 0 Å². The summed E-state index contributed by atoms with van der Waals surface area (Å²) >= 11 is 0. The Morgan fingerprint density at radius 1 is 1.62 bits per heavy atom. The first-order valence-corrected chi connectivity index (χ1v) is 6.17. The van der Waals surface area contributed by atoms with Gasteiger partial charge in [0.15, 0.2) is 0 Å². The molecule has 0 radical (unpaired) electrons. The van der Waals surface area contributed by atoms with E-state index in [2.05, 4.69) is 4.74 Å². The zero-order chi connectivity index (χ0) is 12.2. The molecule has 0 spiro atoms. The van der Waals surface area contributed by atoms with E-state index in [4.69, 9.17) is 5.11 Å². The van der Waals surface area contributed by atoms with E-state index in [1.54, 1.807) is 6.08 Å². The summed E-state index contributed by atoms with van der Waals surface area (Å²) in [5, 5.41) is 8.05. The van der Waals surface area contributed by atoms with Crippen LogP contribution in [0.25, 0.3) is 0 Å². The van der Waals surface area contributed by atoms with Crippen LogP contribution < -0.4 is 0 Å². The van der Waals surface area contributed by atoms with Crippen LogP contribution in [-0.4, -0.2) is 39.5 Å². The molecular formula is C9H12F2O4S. The van der Waals surface area contributed by atoms with Gasteiger partial charge in [-0.05, 0) is 12.3 Å². The van der Waals surface area contributed by atoms with E-state index in [0.717, 1.165) is 6.42 Å². The summed E-state index contributed by atoms with van der Waals surface area (Å²) in [4.78, 5) is 9.98. The van der Waals surface area contributed by atoms with Crippen LogP contribution >= 0.6 is 0 Å². The smallest absolute Gasteiger partial charge is 0.456 e. The summed E-state index contributed by atoms with van der Waals surface area (Å²) in [6.07, 6.45) is -0.409. The normalized spacial score (nSPS) is 26.4. The van der Waals surface area contributed by atoms with Crippen LogP contribution in [-0.2, 0) is 20.3 Å². The van der Waals surface area contributed by atoms with Crippen molar-refractivity contribution in [3.05, 3.63) is 12.2 Å². The van der Waals surface area contributed by atoms with Crippen LogP contribution in [0.2, 0.25) is 0 Å². The SMILES string of the molecule is O=C(O)C(F)(F)OC/C=C/C1CCS(=O)C1. The van der Waals surface area contributed by atoms with Gasteiger partial charge in [-0.2, -0.15) is 8.78 Å². The maximum atomic E-state index is 12.4. The first-order valence-electron chi connectivity index (χ1n) is 4.68. The molecule has 7 heteroatoms. The predicted octanol–water partition coefficient (Wildman–Crippen LogP) is 1.01. The number of allylic oxidation sites excluding steroid dienone is 1. The molecule has 1 rings (SSSR count). The van der Waals surface area contributed by atoms with E-state index < -0.39 is 29.5 Å². The van der Waals surface area contributed by atoms with E-state index in [0.29, 0.717) is 11.5 Å². The van der Waals surface area contributed by atoms with Gasteiger partial charge in [-0.1, -0.05) is 12.2 Å². The van der Waals surface area contributed by atoms with Gasteiger partial charge in [0.25, 0.3) is 0 Å². The van der Waals surface area contributed by atoms with Crippen LogP contribution in [0.3, 0.4) is 0 Å². The summed E-state index contributed by atoms with van der Waals surface area (Å²) in [5.74, 6) is -1.03. The largest absolute Gasteiger partial charge is 0.475 e. The van der Waals surface area contributed by atoms with Crippen molar-refractivity contribution >= 4 is 16.8 Å². The van der Waals surface area contributed by atoms with Crippen molar-refractivity contribution in [2.45, 2.75) is 12.5 Å². The molecular weight excluding hydrogens is 242 g/mol. The first kappa shape index (κ1) is 13.2. The number of hydrogen-bond acceptors (Lipinski definition) is 3. The summed E-state index contributed by atoms with van der Waals surface area (Å²) in [6.45, 7) is -0.470. The lowest BCUT2D eigenvalue weighted by atomic mass is 10.1. The molecule has 4 nitrogen and oxygen atoms in total. The van der Waals surface area contributed by atoms with Crippen LogP contribution in [0.1, 0.15) is 6.42 Å². The Balaban J connectivity index is 2.27. The van der Waals surface area contributed by atoms with Crippen molar-refractivity contribution in [2.24, 2.45) is 5.92 Å². The number of carboxylic acid groups (broad SMARTS) is 1. The highest BCUT2D eigenvalue weighted by molar-refractivity contribution is 7.85. The highest BCUT2D eigenvalue weighted by Crippen LogP contribution is 2.18. The van der Waals surface area contributed by atoms with Crippen molar-refractivity contribution in [3.8, 4) is 0 Å². The van der Waals surface area contributed by atoms with Crippen molar-refractivity contribution in [2.75, 3.05) is 18.1 Å². The molecule has 0 amide bonds. The average Bonchev–Trinajstić information content (AvgIpc) is 2.59. The Labute approximate surface area is 93.7 Å². The molecule has 1 heterocycles. The second-order valence-corrected chi connectivity index (χ2v) is 5.04. The predicted molar refractivity (Wildman–Crippen MR) is 53.7 cm³/mol. The van der Waals surface area contributed by atoms with Gasteiger partial charge >= 0.3 is 12.1 Å². The molecule has 1 aliphatic heterocycles. The molecule has 0 bridgehead atoms. The Bertz CT molecular complexity index is 317. The lowest BCUT2D eigenvalue weighted by molar-refractivity contribution is -0.241. The molecule has 92 valence electrons. The fourth-order valence-electron chi connectivity index (χ4n) is 1.30. The molecule has 0 aromatic rings. The summed E-state index contributed by atoms with van der Waals surface area (Å²) in [6, 6.07) is 0. The highest BCUT2D eigenvalue weighted by atomic mass is 32.2. The van der Waals surface area contributed by atoms with E-state index >= 15 is 0 Å². The standard InChI is InChI=1S/C9H12F2O4S/c10-9(11,8(12)13)15-4-1-2-7-3-5-16(14)6-7/h1-2,7H,3-6H2,(H,12,13)/b2-1+. The molecule has 16 heavy (non-hydrogen) atoms. The zero-order valence-corrected chi connectivity index (χ0v) is 9.21. The molecule has 2 unspecified atom stereocenters. The lowest BCUT2D eigenvalue weighted by Crippen LogP contribution is -2.31. The van der Waals surface area contributed by atoms with Gasteiger partial charge in [0.05, 0.1) is 6.61 Å². The van der Waals surface area contributed by atoms with Crippen molar-refractivity contribution in [1.29, 1.82) is 0 Å². The Kier molecular flexibility index (Phi) is 4.55. The number of alkyl halides is 2. The lowest BCUT2D eigenvalue weighted by Gasteiger charge is -2.09. The monoisotopic (exact) mass is 254 g/mol. The average molecular weight is 254 g/mol. The molecule has 1 fully saturated rings. The second kappa shape index (κ2) is 5.49. The molecule has 0 saturated carbocycles. The number of aliphatic carboxylic acids is 1. The van der Waals surface area contributed by atoms with Gasteiger partial charge in [0, 0.05) is 22.3 Å². The quantitative estimate of drug-likeness (QED) is 0.743. The number of rotatable bonds is 5.